The summed E-state index contributed by atoms with van der Waals surface area (Å²) in [5, 5.41) is 0. The Morgan fingerprint density at radius 2 is 1.91 bits per heavy atom. The average Bonchev–Trinajstić information content (AvgIpc) is 2.62. The highest BCUT2D eigenvalue weighted by atomic mass is 79.9. The molecule has 2 aromatic rings. The van der Waals surface area contributed by atoms with Gasteiger partial charge in [0, 0.05) is 50.8 Å². The van der Waals surface area contributed by atoms with Gasteiger partial charge in [0.25, 0.3) is 0 Å². The van der Waals surface area contributed by atoms with E-state index >= 15 is 0 Å². The lowest BCUT2D eigenvalue weighted by Crippen LogP contribution is -2.44. The molecule has 122 valence electrons. The molecule has 0 radical (unpaired) electrons. The van der Waals surface area contributed by atoms with E-state index in [-0.39, 0.29) is 0 Å². The molecular weight excluding hydrogens is 360 g/mol. The summed E-state index contributed by atoms with van der Waals surface area (Å²) in [6, 6.07) is 2.17. The van der Waals surface area contributed by atoms with Gasteiger partial charge in [-0.3, -0.25) is 0 Å². The Kier molecular flexibility index (Phi) is 4.90. The molecule has 7 nitrogen and oxygen atoms in total. The standard InChI is InChI=1S/C15H19BrN6O/c1-21(14-18-9-11(16)10-19-14)12-4-7-22(8-5-12)15-17-6-3-13(20-15)23-2/h3,6,9-10,12H,4-5,7-8H2,1-2H3. The summed E-state index contributed by atoms with van der Waals surface area (Å²) < 4.78 is 6.05. The van der Waals surface area contributed by atoms with Crippen LogP contribution in [0.4, 0.5) is 11.9 Å². The lowest BCUT2D eigenvalue weighted by atomic mass is 10.0. The van der Waals surface area contributed by atoms with Crippen LogP contribution in [0.15, 0.2) is 29.1 Å². The third-order valence-electron chi connectivity index (χ3n) is 4.04. The minimum Gasteiger partial charge on any atom is -0.481 e. The quantitative estimate of drug-likeness (QED) is 0.806. The molecular formula is C15H19BrN6O. The van der Waals surface area contributed by atoms with Gasteiger partial charge in [-0.2, -0.15) is 4.98 Å². The van der Waals surface area contributed by atoms with Gasteiger partial charge in [-0.25, -0.2) is 15.0 Å². The molecule has 0 aliphatic carbocycles. The van der Waals surface area contributed by atoms with Crippen LogP contribution in [0.1, 0.15) is 12.8 Å². The van der Waals surface area contributed by atoms with Crippen molar-refractivity contribution in [3.05, 3.63) is 29.1 Å². The third-order valence-corrected chi connectivity index (χ3v) is 4.45. The zero-order chi connectivity index (χ0) is 16.2. The Bertz CT molecular complexity index is 645. The van der Waals surface area contributed by atoms with Crippen molar-refractivity contribution in [2.24, 2.45) is 0 Å². The largest absolute Gasteiger partial charge is 0.481 e. The maximum absolute atomic E-state index is 5.17. The van der Waals surface area contributed by atoms with Gasteiger partial charge < -0.3 is 14.5 Å². The zero-order valence-corrected chi connectivity index (χ0v) is 14.8. The SMILES string of the molecule is COc1ccnc(N2CCC(N(C)c3ncc(Br)cn3)CC2)n1. The molecule has 8 heteroatoms. The normalized spacial score (nSPS) is 15.5. The molecule has 3 rings (SSSR count). The van der Waals surface area contributed by atoms with E-state index in [2.05, 4.69) is 45.7 Å². The minimum atomic E-state index is 0.415. The topological polar surface area (TPSA) is 67.3 Å². The number of hydrogen-bond acceptors (Lipinski definition) is 7. The number of nitrogens with zero attached hydrogens (tertiary/aromatic N) is 6. The monoisotopic (exact) mass is 378 g/mol. The van der Waals surface area contributed by atoms with Crippen LogP contribution in [-0.4, -0.2) is 53.2 Å². The van der Waals surface area contributed by atoms with Crippen molar-refractivity contribution < 1.29 is 4.74 Å². The fourth-order valence-corrected chi connectivity index (χ4v) is 2.91. The molecule has 1 aliphatic heterocycles. The van der Waals surface area contributed by atoms with Crippen molar-refractivity contribution in [2.75, 3.05) is 37.0 Å². The molecule has 1 saturated heterocycles. The van der Waals surface area contributed by atoms with Crippen LogP contribution in [0.25, 0.3) is 0 Å². The molecule has 1 fully saturated rings. The molecule has 2 aromatic heterocycles. The summed E-state index contributed by atoms with van der Waals surface area (Å²) in [4.78, 5) is 21.8. The maximum atomic E-state index is 5.17. The van der Waals surface area contributed by atoms with E-state index in [4.69, 9.17) is 4.74 Å². The highest BCUT2D eigenvalue weighted by Gasteiger charge is 2.25. The number of halogens is 1. The van der Waals surface area contributed by atoms with Gasteiger partial charge in [0.15, 0.2) is 0 Å². The van der Waals surface area contributed by atoms with Crippen molar-refractivity contribution in [3.63, 3.8) is 0 Å². The zero-order valence-electron chi connectivity index (χ0n) is 13.2. The van der Waals surface area contributed by atoms with Gasteiger partial charge in [-0.05, 0) is 28.8 Å². The Balaban J connectivity index is 1.62. The molecule has 0 saturated carbocycles. The number of piperidine rings is 1. The van der Waals surface area contributed by atoms with E-state index < -0.39 is 0 Å². The number of aromatic nitrogens is 4. The van der Waals surface area contributed by atoms with E-state index in [1.807, 2.05) is 7.05 Å². The molecule has 0 atom stereocenters. The third kappa shape index (κ3) is 3.69. The predicted octanol–water partition coefficient (Wildman–Crippen LogP) is 2.14. The first-order chi connectivity index (χ1) is 11.2. The van der Waals surface area contributed by atoms with Crippen molar-refractivity contribution in [1.82, 2.24) is 19.9 Å². The summed E-state index contributed by atoms with van der Waals surface area (Å²) in [5.74, 6) is 2.08. The second kappa shape index (κ2) is 7.08. The van der Waals surface area contributed by atoms with E-state index in [0.717, 1.165) is 42.3 Å². The van der Waals surface area contributed by atoms with Crippen LogP contribution in [-0.2, 0) is 0 Å². The van der Waals surface area contributed by atoms with Crippen LogP contribution >= 0.6 is 15.9 Å². The summed E-state index contributed by atoms with van der Waals surface area (Å²) in [5.41, 5.74) is 0. The molecule has 3 heterocycles. The Hall–Kier alpha value is -1.96. The highest BCUT2D eigenvalue weighted by Crippen LogP contribution is 2.22. The highest BCUT2D eigenvalue weighted by molar-refractivity contribution is 9.10. The second-order valence-electron chi connectivity index (χ2n) is 5.43. The summed E-state index contributed by atoms with van der Waals surface area (Å²) >= 11 is 3.36. The van der Waals surface area contributed by atoms with E-state index in [0.29, 0.717) is 11.9 Å². The first-order valence-electron chi connectivity index (χ1n) is 7.49. The summed E-state index contributed by atoms with van der Waals surface area (Å²) in [6.07, 6.45) is 7.30. The van der Waals surface area contributed by atoms with Gasteiger partial charge in [-0.1, -0.05) is 0 Å². The Labute approximate surface area is 143 Å². The van der Waals surface area contributed by atoms with Crippen LogP contribution in [0.3, 0.4) is 0 Å². The number of anilines is 2. The van der Waals surface area contributed by atoms with Gasteiger partial charge in [0.2, 0.25) is 17.8 Å². The fraction of sp³-hybridized carbons (Fsp3) is 0.467. The molecule has 0 aromatic carbocycles. The van der Waals surface area contributed by atoms with Gasteiger partial charge in [0.05, 0.1) is 11.6 Å². The molecule has 0 bridgehead atoms. The van der Waals surface area contributed by atoms with Crippen LogP contribution < -0.4 is 14.5 Å². The van der Waals surface area contributed by atoms with Crippen LogP contribution in [0.2, 0.25) is 0 Å². The van der Waals surface area contributed by atoms with Gasteiger partial charge in [0.1, 0.15) is 0 Å². The van der Waals surface area contributed by atoms with Gasteiger partial charge in [-0.15, -0.1) is 0 Å². The Morgan fingerprint density at radius 3 is 2.57 bits per heavy atom. The molecule has 1 aliphatic rings. The van der Waals surface area contributed by atoms with Crippen LogP contribution in [0.5, 0.6) is 5.88 Å². The van der Waals surface area contributed by atoms with Crippen LogP contribution in [0, 0.1) is 0 Å². The average molecular weight is 379 g/mol. The summed E-state index contributed by atoms with van der Waals surface area (Å²) in [6.45, 7) is 1.80. The smallest absolute Gasteiger partial charge is 0.228 e. The lowest BCUT2D eigenvalue weighted by Gasteiger charge is -2.36. The number of rotatable bonds is 4. The summed E-state index contributed by atoms with van der Waals surface area (Å²) in [7, 11) is 3.66. The van der Waals surface area contributed by atoms with Crippen molar-refractivity contribution in [1.29, 1.82) is 0 Å². The molecule has 0 unspecified atom stereocenters. The first kappa shape index (κ1) is 15.9. The number of ether oxygens (including phenoxy) is 1. The van der Waals surface area contributed by atoms with E-state index in [1.165, 1.54) is 0 Å². The molecule has 0 amide bonds. The molecule has 0 spiro atoms. The lowest BCUT2D eigenvalue weighted by molar-refractivity contribution is 0.395. The Morgan fingerprint density at radius 1 is 1.22 bits per heavy atom. The van der Waals surface area contributed by atoms with Crippen molar-refractivity contribution in [3.8, 4) is 5.88 Å². The number of methoxy groups -OCH3 is 1. The van der Waals surface area contributed by atoms with E-state index in [1.54, 1.807) is 31.8 Å². The molecule has 0 N–H and O–H groups in total. The predicted molar refractivity (Wildman–Crippen MR) is 92.0 cm³/mol. The van der Waals surface area contributed by atoms with Crippen molar-refractivity contribution >= 4 is 27.8 Å². The van der Waals surface area contributed by atoms with E-state index in [9.17, 15) is 0 Å². The minimum absolute atomic E-state index is 0.415. The number of hydrogen-bond donors (Lipinski definition) is 0. The maximum Gasteiger partial charge on any atom is 0.228 e. The van der Waals surface area contributed by atoms with Crippen molar-refractivity contribution in [2.45, 2.75) is 18.9 Å². The molecule has 23 heavy (non-hydrogen) atoms. The second-order valence-corrected chi connectivity index (χ2v) is 6.35. The first-order valence-corrected chi connectivity index (χ1v) is 8.29. The fourth-order valence-electron chi connectivity index (χ4n) is 2.70. The van der Waals surface area contributed by atoms with Gasteiger partial charge >= 0.3 is 0 Å².